The summed E-state index contributed by atoms with van der Waals surface area (Å²) in [5.41, 5.74) is 1.89. The number of fused-ring (bicyclic) bond motifs is 1. The predicted molar refractivity (Wildman–Crippen MR) is 75.9 cm³/mol. The molecule has 0 aromatic rings. The fourth-order valence-electron chi connectivity index (χ4n) is 3.62. The van der Waals surface area contributed by atoms with Gasteiger partial charge in [0.2, 0.25) is 0 Å². The largest absolute Gasteiger partial charge is 0.119 e. The highest BCUT2D eigenvalue weighted by Crippen LogP contribution is 2.49. The zero-order valence-corrected chi connectivity index (χ0v) is 11.7. The second-order valence-electron chi connectivity index (χ2n) is 5.41. The van der Waals surface area contributed by atoms with E-state index in [0.29, 0.717) is 0 Å². The van der Waals surface area contributed by atoms with E-state index in [-0.39, 0.29) is 0 Å². The molecule has 0 N–H and O–H groups in total. The topological polar surface area (TPSA) is 0 Å². The van der Waals surface area contributed by atoms with Gasteiger partial charge < -0.3 is 0 Å². The summed E-state index contributed by atoms with van der Waals surface area (Å²) >= 11 is 4.34. The first-order valence-corrected chi connectivity index (χ1v) is 8.91. The average Bonchev–Trinajstić information content (AvgIpc) is 2.39. The van der Waals surface area contributed by atoms with Gasteiger partial charge in [0.25, 0.3) is 0 Å². The van der Waals surface area contributed by atoms with Gasteiger partial charge in [0.05, 0.1) is 0 Å². The SMILES string of the molecule is C1CSC(=C2CCCC3CCCCC23)SC1. The zero-order chi connectivity index (χ0) is 10.8. The van der Waals surface area contributed by atoms with Gasteiger partial charge in [-0.15, -0.1) is 23.5 Å². The summed E-state index contributed by atoms with van der Waals surface area (Å²) in [6.45, 7) is 0. The highest BCUT2D eigenvalue weighted by atomic mass is 32.2. The van der Waals surface area contributed by atoms with Crippen molar-refractivity contribution in [3.05, 3.63) is 9.81 Å². The number of hydrogen-bond donors (Lipinski definition) is 0. The van der Waals surface area contributed by atoms with Gasteiger partial charge in [0.1, 0.15) is 0 Å². The minimum atomic E-state index is 0.996. The Labute approximate surface area is 108 Å². The molecule has 0 amide bonds. The number of rotatable bonds is 0. The summed E-state index contributed by atoms with van der Waals surface area (Å²) in [5, 5.41) is 0. The number of allylic oxidation sites excluding steroid dienone is 1. The standard InChI is InChI=1S/C14H22S2/c1-2-7-12-11(5-1)6-3-8-13(12)14-15-9-4-10-16-14/h11-12H,1-10H2. The van der Waals surface area contributed by atoms with E-state index in [1.165, 1.54) is 62.9 Å². The molecule has 3 aliphatic rings. The van der Waals surface area contributed by atoms with E-state index < -0.39 is 0 Å². The van der Waals surface area contributed by atoms with Crippen molar-refractivity contribution in [2.75, 3.05) is 11.5 Å². The maximum Gasteiger partial charge on any atom is 0.0395 e. The van der Waals surface area contributed by atoms with Crippen LogP contribution in [0.3, 0.4) is 0 Å². The lowest BCUT2D eigenvalue weighted by atomic mass is 9.69. The molecule has 1 heterocycles. The summed E-state index contributed by atoms with van der Waals surface area (Å²) in [7, 11) is 0. The number of hydrogen-bond acceptors (Lipinski definition) is 2. The van der Waals surface area contributed by atoms with Gasteiger partial charge in [-0.2, -0.15) is 0 Å². The smallest absolute Gasteiger partial charge is 0.0395 e. The van der Waals surface area contributed by atoms with Gasteiger partial charge in [0.15, 0.2) is 0 Å². The lowest BCUT2D eigenvalue weighted by Crippen LogP contribution is -2.26. The third kappa shape index (κ3) is 2.33. The average molecular weight is 254 g/mol. The lowest BCUT2D eigenvalue weighted by Gasteiger charge is -2.39. The predicted octanol–water partition coefficient (Wildman–Crippen LogP) is 5.06. The first kappa shape index (κ1) is 11.5. The summed E-state index contributed by atoms with van der Waals surface area (Å²) in [6, 6.07) is 0. The first-order valence-electron chi connectivity index (χ1n) is 6.94. The molecule has 0 aromatic heterocycles. The van der Waals surface area contributed by atoms with Crippen LogP contribution >= 0.6 is 23.5 Å². The van der Waals surface area contributed by atoms with E-state index in [1.807, 2.05) is 5.57 Å². The quantitative estimate of drug-likeness (QED) is 0.593. The monoisotopic (exact) mass is 254 g/mol. The lowest BCUT2D eigenvalue weighted by molar-refractivity contribution is 0.223. The van der Waals surface area contributed by atoms with Crippen molar-refractivity contribution in [1.29, 1.82) is 0 Å². The van der Waals surface area contributed by atoms with Crippen LogP contribution in [0.5, 0.6) is 0 Å². The Balaban J connectivity index is 1.81. The Morgan fingerprint density at radius 2 is 1.56 bits per heavy atom. The molecular formula is C14H22S2. The maximum absolute atomic E-state index is 2.17. The van der Waals surface area contributed by atoms with Crippen LogP contribution in [-0.2, 0) is 0 Å². The Morgan fingerprint density at radius 3 is 2.44 bits per heavy atom. The van der Waals surface area contributed by atoms with E-state index in [9.17, 15) is 0 Å². The van der Waals surface area contributed by atoms with Gasteiger partial charge in [-0.05, 0) is 67.4 Å². The molecule has 90 valence electrons. The molecule has 0 radical (unpaired) electrons. The minimum absolute atomic E-state index is 0.996. The molecule has 2 atom stereocenters. The van der Waals surface area contributed by atoms with Crippen molar-refractivity contribution in [2.45, 2.75) is 51.4 Å². The molecule has 3 rings (SSSR count). The van der Waals surface area contributed by atoms with E-state index in [1.54, 1.807) is 4.24 Å². The highest BCUT2D eigenvalue weighted by Gasteiger charge is 2.33. The Bertz CT molecular complexity index is 272. The van der Waals surface area contributed by atoms with Crippen LogP contribution in [-0.4, -0.2) is 11.5 Å². The molecule has 0 spiro atoms. The molecular weight excluding hydrogens is 232 g/mol. The molecule has 2 saturated carbocycles. The molecule has 1 aliphatic heterocycles. The third-order valence-corrected chi connectivity index (χ3v) is 7.14. The van der Waals surface area contributed by atoms with Crippen molar-refractivity contribution >= 4 is 23.5 Å². The molecule has 0 bridgehead atoms. The zero-order valence-electron chi connectivity index (χ0n) is 10.0. The van der Waals surface area contributed by atoms with E-state index in [2.05, 4.69) is 23.5 Å². The van der Waals surface area contributed by atoms with Crippen molar-refractivity contribution in [3.8, 4) is 0 Å². The van der Waals surface area contributed by atoms with Gasteiger partial charge in [-0.3, -0.25) is 0 Å². The normalized spacial score (nSPS) is 36.0. The molecule has 0 nitrogen and oxygen atoms in total. The Morgan fingerprint density at radius 1 is 0.812 bits per heavy atom. The number of thioether (sulfide) groups is 2. The van der Waals surface area contributed by atoms with Gasteiger partial charge >= 0.3 is 0 Å². The first-order chi connectivity index (χ1) is 7.95. The van der Waals surface area contributed by atoms with E-state index in [4.69, 9.17) is 0 Å². The minimum Gasteiger partial charge on any atom is -0.119 e. The molecule has 3 fully saturated rings. The van der Waals surface area contributed by atoms with Crippen LogP contribution in [0.25, 0.3) is 0 Å². The Kier molecular flexibility index (Phi) is 3.88. The van der Waals surface area contributed by atoms with Crippen LogP contribution in [0.4, 0.5) is 0 Å². The second kappa shape index (κ2) is 5.39. The highest BCUT2D eigenvalue weighted by molar-refractivity contribution is 8.22. The summed E-state index contributed by atoms with van der Waals surface area (Å²) in [4.78, 5) is 0. The van der Waals surface area contributed by atoms with E-state index in [0.717, 1.165) is 11.8 Å². The molecule has 1 saturated heterocycles. The van der Waals surface area contributed by atoms with Crippen LogP contribution in [0.15, 0.2) is 9.81 Å². The molecule has 2 aliphatic carbocycles. The third-order valence-electron chi connectivity index (χ3n) is 4.39. The summed E-state index contributed by atoms with van der Waals surface area (Å²) < 4.78 is 1.75. The van der Waals surface area contributed by atoms with E-state index >= 15 is 0 Å². The van der Waals surface area contributed by atoms with Crippen LogP contribution < -0.4 is 0 Å². The van der Waals surface area contributed by atoms with Crippen molar-refractivity contribution in [2.24, 2.45) is 11.8 Å². The fraction of sp³-hybridized carbons (Fsp3) is 0.857. The van der Waals surface area contributed by atoms with Crippen LogP contribution in [0, 0.1) is 11.8 Å². The fourth-order valence-corrected chi connectivity index (χ4v) is 6.46. The molecule has 0 aromatic carbocycles. The van der Waals surface area contributed by atoms with Gasteiger partial charge in [-0.1, -0.05) is 12.8 Å². The van der Waals surface area contributed by atoms with Crippen LogP contribution in [0.2, 0.25) is 0 Å². The van der Waals surface area contributed by atoms with Gasteiger partial charge in [-0.25, -0.2) is 0 Å². The van der Waals surface area contributed by atoms with Gasteiger partial charge in [0, 0.05) is 4.24 Å². The molecule has 2 heteroatoms. The van der Waals surface area contributed by atoms with Crippen LogP contribution in [0.1, 0.15) is 51.4 Å². The maximum atomic E-state index is 2.17. The summed E-state index contributed by atoms with van der Waals surface area (Å²) in [6.07, 6.45) is 11.9. The van der Waals surface area contributed by atoms with Crippen molar-refractivity contribution in [3.63, 3.8) is 0 Å². The van der Waals surface area contributed by atoms with Crippen molar-refractivity contribution in [1.82, 2.24) is 0 Å². The Hall–Kier alpha value is 0.440. The molecule has 16 heavy (non-hydrogen) atoms. The molecule has 2 unspecified atom stereocenters. The van der Waals surface area contributed by atoms with Crippen molar-refractivity contribution < 1.29 is 0 Å². The second-order valence-corrected chi connectivity index (χ2v) is 7.88. The summed E-state index contributed by atoms with van der Waals surface area (Å²) in [5.74, 6) is 4.82.